The number of nitrogens with one attached hydrogen (secondary N) is 1. The van der Waals surface area contributed by atoms with E-state index in [1.807, 2.05) is 24.0 Å². The normalized spacial score (nSPS) is 17.7. The highest BCUT2D eigenvalue weighted by molar-refractivity contribution is 7.09. The molecule has 1 aliphatic rings. The highest BCUT2D eigenvalue weighted by Gasteiger charge is 2.32. The summed E-state index contributed by atoms with van der Waals surface area (Å²) in [5.41, 5.74) is 2.78. The zero-order valence-electron chi connectivity index (χ0n) is 13.4. The van der Waals surface area contributed by atoms with Crippen molar-refractivity contribution in [2.75, 3.05) is 13.7 Å². The third-order valence-corrected chi connectivity index (χ3v) is 4.99. The van der Waals surface area contributed by atoms with Crippen LogP contribution in [0.4, 0.5) is 4.79 Å². The lowest BCUT2D eigenvalue weighted by Crippen LogP contribution is -2.39. The molecule has 0 saturated carbocycles. The molecule has 23 heavy (non-hydrogen) atoms. The maximum Gasteiger partial charge on any atom is 0.318 e. The number of hydrogen-bond donors (Lipinski definition) is 1. The third-order valence-electron chi connectivity index (χ3n) is 4.06. The van der Waals surface area contributed by atoms with Crippen LogP contribution in [0.3, 0.4) is 0 Å². The second-order valence-corrected chi connectivity index (χ2v) is 6.55. The van der Waals surface area contributed by atoms with Gasteiger partial charge in [0.25, 0.3) is 0 Å². The fourth-order valence-electron chi connectivity index (χ4n) is 2.85. The van der Waals surface area contributed by atoms with Crippen LogP contribution in [0.1, 0.15) is 41.0 Å². The van der Waals surface area contributed by atoms with Crippen LogP contribution < -0.4 is 5.32 Å². The number of nitrogens with zero attached hydrogens (tertiary/aromatic N) is 2. The molecule has 1 saturated heterocycles. The molecule has 0 radical (unpaired) electrons. The maximum absolute atomic E-state index is 12.5. The lowest BCUT2D eigenvalue weighted by Gasteiger charge is -2.23. The first-order valence-corrected chi connectivity index (χ1v) is 8.58. The van der Waals surface area contributed by atoms with Gasteiger partial charge in [0, 0.05) is 18.5 Å². The van der Waals surface area contributed by atoms with E-state index in [0.29, 0.717) is 13.2 Å². The molecule has 2 aromatic rings. The van der Waals surface area contributed by atoms with E-state index >= 15 is 0 Å². The minimum Gasteiger partial charge on any atom is -0.461 e. The number of urea groups is 1. The van der Waals surface area contributed by atoms with Gasteiger partial charge in [-0.15, -0.1) is 11.3 Å². The van der Waals surface area contributed by atoms with Crippen molar-refractivity contribution in [2.24, 2.45) is 0 Å². The van der Waals surface area contributed by atoms with Crippen LogP contribution in [-0.2, 0) is 17.9 Å². The number of furan rings is 1. The molecule has 1 unspecified atom stereocenters. The lowest BCUT2D eigenvalue weighted by molar-refractivity contribution is 0.156. The zero-order chi connectivity index (χ0) is 16.2. The molecule has 0 aliphatic carbocycles. The Morgan fingerprint density at radius 3 is 3.17 bits per heavy atom. The molecule has 2 aromatic heterocycles. The minimum absolute atomic E-state index is 0.00293. The highest BCUT2D eigenvalue weighted by atomic mass is 32.1. The van der Waals surface area contributed by atoms with Crippen molar-refractivity contribution in [1.29, 1.82) is 0 Å². The van der Waals surface area contributed by atoms with Crippen molar-refractivity contribution in [2.45, 2.75) is 39.0 Å². The molecular formula is C16H21N3O3S. The molecule has 124 valence electrons. The number of ether oxygens (including phenoxy) is 1. The number of amides is 2. The molecule has 3 rings (SSSR count). The van der Waals surface area contributed by atoms with Gasteiger partial charge in [-0.2, -0.15) is 0 Å². The summed E-state index contributed by atoms with van der Waals surface area (Å²) in [6, 6.07) is 3.81. The standard InChI is InChI=1S/C16H21N3O3S/c1-11-15(23-10-18-11)8-17-16(20)19-7-3-4-13(19)14-6-5-12(22-14)9-21-2/h5-6,10,13H,3-4,7-9H2,1-2H3,(H,17,20). The average Bonchev–Trinajstić information content (AvgIpc) is 3.25. The van der Waals surface area contributed by atoms with E-state index in [0.717, 1.165) is 41.5 Å². The Hall–Kier alpha value is -1.86. The predicted molar refractivity (Wildman–Crippen MR) is 87.2 cm³/mol. The summed E-state index contributed by atoms with van der Waals surface area (Å²) in [7, 11) is 1.64. The van der Waals surface area contributed by atoms with Gasteiger partial charge in [-0.05, 0) is 31.9 Å². The van der Waals surface area contributed by atoms with Crippen molar-refractivity contribution >= 4 is 17.4 Å². The van der Waals surface area contributed by atoms with Gasteiger partial charge in [0.15, 0.2) is 0 Å². The van der Waals surface area contributed by atoms with Crippen LogP contribution in [0.25, 0.3) is 0 Å². The van der Waals surface area contributed by atoms with Crippen LogP contribution in [0, 0.1) is 6.92 Å². The number of methoxy groups -OCH3 is 1. The highest BCUT2D eigenvalue weighted by Crippen LogP contribution is 2.33. The Morgan fingerprint density at radius 2 is 2.43 bits per heavy atom. The van der Waals surface area contributed by atoms with Gasteiger partial charge in [0.05, 0.1) is 23.8 Å². The van der Waals surface area contributed by atoms with Crippen molar-refractivity contribution in [1.82, 2.24) is 15.2 Å². The Kier molecular flexibility index (Phi) is 4.97. The largest absolute Gasteiger partial charge is 0.461 e. The average molecular weight is 335 g/mol. The zero-order valence-corrected chi connectivity index (χ0v) is 14.2. The number of carbonyl (C=O) groups excluding carboxylic acids is 1. The van der Waals surface area contributed by atoms with Crippen LogP contribution in [0.2, 0.25) is 0 Å². The van der Waals surface area contributed by atoms with Gasteiger partial charge in [0.1, 0.15) is 18.1 Å². The summed E-state index contributed by atoms with van der Waals surface area (Å²) in [6.45, 7) is 3.67. The topological polar surface area (TPSA) is 67.6 Å². The van der Waals surface area contributed by atoms with Gasteiger partial charge in [-0.1, -0.05) is 0 Å². The van der Waals surface area contributed by atoms with E-state index in [2.05, 4.69) is 10.3 Å². The second-order valence-electron chi connectivity index (χ2n) is 5.61. The molecule has 3 heterocycles. The molecule has 1 aliphatic heterocycles. The Bertz CT molecular complexity index is 667. The van der Waals surface area contributed by atoms with Crippen LogP contribution in [-0.4, -0.2) is 29.6 Å². The van der Waals surface area contributed by atoms with Gasteiger partial charge < -0.3 is 19.4 Å². The second kappa shape index (κ2) is 7.14. The van der Waals surface area contributed by atoms with Gasteiger partial charge >= 0.3 is 6.03 Å². The molecule has 0 spiro atoms. The smallest absolute Gasteiger partial charge is 0.318 e. The molecule has 1 N–H and O–H groups in total. The monoisotopic (exact) mass is 335 g/mol. The molecule has 6 nitrogen and oxygen atoms in total. The SMILES string of the molecule is COCc1ccc(C2CCCN2C(=O)NCc2scnc2C)o1. The van der Waals surface area contributed by atoms with Crippen molar-refractivity contribution < 1.29 is 13.9 Å². The molecule has 1 atom stereocenters. The van der Waals surface area contributed by atoms with E-state index in [-0.39, 0.29) is 12.1 Å². The molecule has 2 amide bonds. The fraction of sp³-hybridized carbons (Fsp3) is 0.500. The van der Waals surface area contributed by atoms with Crippen molar-refractivity contribution in [3.8, 4) is 0 Å². The van der Waals surface area contributed by atoms with Crippen LogP contribution in [0.5, 0.6) is 0 Å². The van der Waals surface area contributed by atoms with Crippen molar-refractivity contribution in [3.63, 3.8) is 0 Å². The van der Waals surface area contributed by atoms with E-state index in [1.165, 1.54) is 0 Å². The number of thiazole rings is 1. The third kappa shape index (κ3) is 3.56. The molecular weight excluding hydrogens is 314 g/mol. The maximum atomic E-state index is 12.5. The first-order chi connectivity index (χ1) is 11.2. The fourth-order valence-corrected chi connectivity index (χ4v) is 3.57. The molecule has 1 fully saturated rings. The Labute approximate surface area is 139 Å². The molecule has 0 bridgehead atoms. The van der Waals surface area contributed by atoms with Gasteiger partial charge in [-0.3, -0.25) is 0 Å². The first-order valence-electron chi connectivity index (χ1n) is 7.70. The number of hydrogen-bond acceptors (Lipinski definition) is 5. The summed E-state index contributed by atoms with van der Waals surface area (Å²) in [6.07, 6.45) is 1.91. The van der Waals surface area contributed by atoms with E-state index < -0.39 is 0 Å². The number of rotatable bonds is 5. The number of likely N-dealkylation sites (tertiary alicyclic amines) is 1. The van der Waals surface area contributed by atoms with Crippen molar-refractivity contribution in [3.05, 3.63) is 39.7 Å². The summed E-state index contributed by atoms with van der Waals surface area (Å²) in [5.74, 6) is 1.62. The van der Waals surface area contributed by atoms with E-state index in [9.17, 15) is 4.79 Å². The number of carbonyl (C=O) groups is 1. The summed E-state index contributed by atoms with van der Waals surface area (Å²) in [5, 5.41) is 2.99. The summed E-state index contributed by atoms with van der Waals surface area (Å²) < 4.78 is 10.9. The number of aromatic nitrogens is 1. The predicted octanol–water partition coefficient (Wildman–Crippen LogP) is 3.24. The minimum atomic E-state index is -0.0509. The molecule has 7 heteroatoms. The molecule has 0 aromatic carbocycles. The summed E-state index contributed by atoms with van der Waals surface area (Å²) in [4.78, 5) is 19.6. The van der Waals surface area contributed by atoms with E-state index in [1.54, 1.807) is 24.0 Å². The quantitative estimate of drug-likeness (QED) is 0.911. The number of aryl methyl sites for hydroxylation is 1. The van der Waals surface area contributed by atoms with Gasteiger partial charge in [0.2, 0.25) is 0 Å². The summed E-state index contributed by atoms with van der Waals surface area (Å²) >= 11 is 1.56. The van der Waals surface area contributed by atoms with Crippen LogP contribution >= 0.6 is 11.3 Å². The van der Waals surface area contributed by atoms with Gasteiger partial charge in [-0.25, -0.2) is 9.78 Å². The Balaban J connectivity index is 1.63. The first kappa shape index (κ1) is 16.0. The van der Waals surface area contributed by atoms with Crippen LogP contribution in [0.15, 0.2) is 22.1 Å². The Morgan fingerprint density at radius 1 is 1.57 bits per heavy atom. The van der Waals surface area contributed by atoms with E-state index in [4.69, 9.17) is 9.15 Å². The lowest BCUT2D eigenvalue weighted by atomic mass is 10.2.